The summed E-state index contributed by atoms with van der Waals surface area (Å²) < 4.78 is 6.76. The van der Waals surface area contributed by atoms with E-state index in [-0.39, 0.29) is 5.70 Å². The highest BCUT2D eigenvalue weighted by atomic mass is 79.9. The van der Waals surface area contributed by atoms with Crippen molar-refractivity contribution in [2.45, 2.75) is 6.61 Å². The Morgan fingerprint density at radius 2 is 1.69 bits per heavy atom. The molecule has 0 spiro atoms. The molecule has 0 saturated heterocycles. The maximum absolute atomic E-state index is 12.3. The topological polar surface area (TPSA) is 75.6 Å². The number of halogens is 1. The van der Waals surface area contributed by atoms with Gasteiger partial charge in [-0.15, -0.1) is 0 Å². The predicted octanol–water partition coefficient (Wildman–Crippen LogP) is 4.88. The first-order valence-corrected chi connectivity index (χ1v) is 9.60. The molecular formula is C23H18BrNO4. The van der Waals surface area contributed by atoms with Crippen molar-refractivity contribution in [3.8, 4) is 5.75 Å². The number of amides is 1. The van der Waals surface area contributed by atoms with Crippen LogP contribution in [0.2, 0.25) is 0 Å². The second-order valence-electron chi connectivity index (χ2n) is 6.14. The van der Waals surface area contributed by atoms with E-state index < -0.39 is 11.9 Å². The maximum atomic E-state index is 12.3. The van der Waals surface area contributed by atoms with Gasteiger partial charge in [-0.25, -0.2) is 4.79 Å². The van der Waals surface area contributed by atoms with Crippen LogP contribution in [0, 0.1) is 0 Å². The van der Waals surface area contributed by atoms with Crippen LogP contribution in [0.3, 0.4) is 0 Å². The molecule has 0 unspecified atom stereocenters. The number of benzene rings is 3. The van der Waals surface area contributed by atoms with Crippen molar-refractivity contribution in [1.29, 1.82) is 0 Å². The van der Waals surface area contributed by atoms with E-state index in [9.17, 15) is 14.7 Å². The maximum Gasteiger partial charge on any atom is 0.352 e. The van der Waals surface area contributed by atoms with Gasteiger partial charge in [0.05, 0.1) is 0 Å². The number of carboxylic acid groups (broad SMARTS) is 1. The molecule has 0 bridgehead atoms. The zero-order chi connectivity index (χ0) is 20.6. The third-order valence-corrected chi connectivity index (χ3v) is 4.81. The third kappa shape index (κ3) is 5.80. The number of hydrogen-bond acceptors (Lipinski definition) is 3. The number of rotatable bonds is 7. The lowest BCUT2D eigenvalue weighted by Crippen LogP contribution is -2.27. The molecule has 0 aliphatic carbocycles. The minimum Gasteiger partial charge on any atom is -0.489 e. The summed E-state index contributed by atoms with van der Waals surface area (Å²) in [5.74, 6) is -1.12. The van der Waals surface area contributed by atoms with E-state index in [1.165, 1.54) is 6.08 Å². The molecule has 6 heteroatoms. The predicted molar refractivity (Wildman–Crippen MR) is 114 cm³/mol. The van der Waals surface area contributed by atoms with Gasteiger partial charge in [0, 0.05) is 15.6 Å². The second kappa shape index (κ2) is 9.71. The molecule has 3 aromatic rings. The minimum absolute atomic E-state index is 0.221. The van der Waals surface area contributed by atoms with E-state index in [2.05, 4.69) is 21.2 Å². The summed E-state index contributed by atoms with van der Waals surface area (Å²) in [4.78, 5) is 23.8. The lowest BCUT2D eigenvalue weighted by Gasteiger charge is -2.09. The number of aliphatic carboxylic acids is 1. The summed E-state index contributed by atoms with van der Waals surface area (Å²) in [5.41, 5.74) is 1.75. The summed E-state index contributed by atoms with van der Waals surface area (Å²) in [6, 6.07) is 23.2. The average molecular weight is 452 g/mol. The van der Waals surface area contributed by atoms with Crippen molar-refractivity contribution >= 4 is 33.9 Å². The molecule has 3 rings (SSSR count). The Morgan fingerprint density at radius 1 is 0.966 bits per heavy atom. The van der Waals surface area contributed by atoms with Crippen LogP contribution in [0.25, 0.3) is 6.08 Å². The Balaban J connectivity index is 1.75. The Labute approximate surface area is 176 Å². The van der Waals surface area contributed by atoms with Gasteiger partial charge in [-0.2, -0.15) is 0 Å². The fraction of sp³-hybridized carbons (Fsp3) is 0.0435. The van der Waals surface area contributed by atoms with Gasteiger partial charge in [-0.3, -0.25) is 4.79 Å². The van der Waals surface area contributed by atoms with Gasteiger partial charge in [0.15, 0.2) is 0 Å². The molecule has 0 saturated carbocycles. The molecule has 5 nitrogen and oxygen atoms in total. The number of carboxylic acids is 1. The number of nitrogens with one attached hydrogen (secondary N) is 1. The summed E-state index contributed by atoms with van der Waals surface area (Å²) in [5, 5.41) is 11.9. The molecule has 0 aromatic heterocycles. The molecule has 0 radical (unpaired) electrons. The molecule has 0 aliphatic rings. The Kier molecular flexibility index (Phi) is 6.81. The zero-order valence-electron chi connectivity index (χ0n) is 15.3. The molecule has 3 aromatic carbocycles. The van der Waals surface area contributed by atoms with Gasteiger partial charge in [0.25, 0.3) is 5.91 Å². The van der Waals surface area contributed by atoms with E-state index in [0.29, 0.717) is 23.5 Å². The van der Waals surface area contributed by atoms with Crippen molar-refractivity contribution in [2.24, 2.45) is 0 Å². The van der Waals surface area contributed by atoms with Crippen LogP contribution in [0.4, 0.5) is 0 Å². The van der Waals surface area contributed by atoms with Crippen molar-refractivity contribution < 1.29 is 19.4 Å². The highest BCUT2D eigenvalue weighted by Gasteiger charge is 2.13. The number of hydrogen-bond donors (Lipinski definition) is 2. The molecule has 29 heavy (non-hydrogen) atoms. The van der Waals surface area contributed by atoms with Crippen LogP contribution in [0.15, 0.2) is 89.0 Å². The highest BCUT2D eigenvalue weighted by molar-refractivity contribution is 9.10. The van der Waals surface area contributed by atoms with Crippen LogP contribution in [-0.4, -0.2) is 17.0 Å². The van der Waals surface area contributed by atoms with Crippen LogP contribution in [-0.2, 0) is 11.4 Å². The quantitative estimate of drug-likeness (QED) is 0.501. The van der Waals surface area contributed by atoms with E-state index in [1.54, 1.807) is 54.6 Å². The second-order valence-corrected chi connectivity index (χ2v) is 6.99. The van der Waals surface area contributed by atoms with Crippen molar-refractivity contribution in [3.63, 3.8) is 0 Å². The third-order valence-electron chi connectivity index (χ3n) is 4.04. The van der Waals surface area contributed by atoms with E-state index in [4.69, 9.17) is 4.74 Å². The van der Waals surface area contributed by atoms with Gasteiger partial charge >= 0.3 is 5.97 Å². The Bertz CT molecular complexity index is 1050. The van der Waals surface area contributed by atoms with E-state index in [0.717, 1.165) is 10.0 Å². The molecular weight excluding hydrogens is 434 g/mol. The van der Waals surface area contributed by atoms with Crippen LogP contribution >= 0.6 is 15.9 Å². The monoisotopic (exact) mass is 451 g/mol. The van der Waals surface area contributed by atoms with Crippen molar-refractivity contribution in [3.05, 3.63) is 106 Å². The van der Waals surface area contributed by atoms with Gasteiger partial charge in [-0.05, 0) is 42.0 Å². The Hall–Kier alpha value is -3.38. The normalized spacial score (nSPS) is 11.0. The molecule has 0 aliphatic heterocycles. The summed E-state index contributed by atoms with van der Waals surface area (Å²) in [6.07, 6.45) is 1.40. The first-order valence-electron chi connectivity index (χ1n) is 8.80. The van der Waals surface area contributed by atoms with Gasteiger partial charge < -0.3 is 15.2 Å². The zero-order valence-corrected chi connectivity index (χ0v) is 16.9. The Morgan fingerprint density at radius 3 is 2.41 bits per heavy atom. The van der Waals surface area contributed by atoms with Crippen LogP contribution in [0.1, 0.15) is 21.5 Å². The summed E-state index contributed by atoms with van der Waals surface area (Å²) in [6.45, 7) is 0.366. The molecule has 0 fully saturated rings. The van der Waals surface area contributed by atoms with Crippen LogP contribution in [0.5, 0.6) is 5.75 Å². The fourth-order valence-corrected chi connectivity index (χ4v) is 2.97. The standard InChI is InChI=1S/C23H18BrNO4/c24-20-12-5-4-10-18(20)15-29-19-11-6-7-16(13-19)14-21(23(27)28)25-22(26)17-8-2-1-3-9-17/h1-14H,15H2,(H,25,26)(H,27,28). The van der Waals surface area contributed by atoms with Crippen molar-refractivity contribution in [2.75, 3.05) is 0 Å². The molecule has 2 N–H and O–H groups in total. The number of carbonyl (C=O) groups excluding carboxylic acids is 1. The largest absolute Gasteiger partial charge is 0.489 e. The van der Waals surface area contributed by atoms with Gasteiger partial charge in [-0.1, -0.05) is 64.5 Å². The first-order chi connectivity index (χ1) is 14.0. The average Bonchev–Trinajstić information content (AvgIpc) is 2.73. The van der Waals surface area contributed by atoms with Gasteiger partial charge in [0.2, 0.25) is 0 Å². The fourth-order valence-electron chi connectivity index (χ4n) is 2.57. The molecule has 0 atom stereocenters. The summed E-state index contributed by atoms with van der Waals surface area (Å²) in [7, 11) is 0. The lowest BCUT2D eigenvalue weighted by molar-refractivity contribution is -0.132. The number of carbonyl (C=O) groups is 2. The molecule has 1 amide bonds. The van der Waals surface area contributed by atoms with Gasteiger partial charge in [0.1, 0.15) is 18.1 Å². The smallest absolute Gasteiger partial charge is 0.352 e. The minimum atomic E-state index is -1.23. The SMILES string of the molecule is O=C(O)C(=Cc1cccc(OCc2ccccc2Br)c1)NC(=O)c1ccccc1. The molecule has 146 valence electrons. The summed E-state index contributed by atoms with van der Waals surface area (Å²) >= 11 is 3.48. The lowest BCUT2D eigenvalue weighted by atomic mass is 10.1. The van der Waals surface area contributed by atoms with Crippen LogP contribution < -0.4 is 10.1 Å². The highest BCUT2D eigenvalue weighted by Crippen LogP contribution is 2.20. The first kappa shape index (κ1) is 20.4. The van der Waals surface area contributed by atoms with Crippen molar-refractivity contribution in [1.82, 2.24) is 5.32 Å². The van der Waals surface area contributed by atoms with E-state index >= 15 is 0 Å². The van der Waals surface area contributed by atoms with E-state index in [1.807, 2.05) is 24.3 Å². The molecule has 0 heterocycles. The number of ether oxygens (including phenoxy) is 1.